The molecule has 0 bridgehead atoms. The minimum absolute atomic E-state index is 0.219. The van der Waals surface area contributed by atoms with E-state index in [1.54, 1.807) is 0 Å². The van der Waals surface area contributed by atoms with Gasteiger partial charge in [-0.25, -0.2) is 27.7 Å². The van der Waals surface area contributed by atoms with Gasteiger partial charge in [0.15, 0.2) is 5.65 Å². The Morgan fingerprint density at radius 3 is 2.43 bits per heavy atom. The Morgan fingerprint density at radius 1 is 1.18 bits per heavy atom. The fourth-order valence-electron chi connectivity index (χ4n) is 2.67. The van der Waals surface area contributed by atoms with Gasteiger partial charge in [0.2, 0.25) is 0 Å². The maximum absolute atomic E-state index is 13.7. The predicted octanol–water partition coefficient (Wildman–Crippen LogP) is 5.38. The number of nitrogens with zero attached hydrogens (tertiary/aromatic N) is 2. The summed E-state index contributed by atoms with van der Waals surface area (Å²) in [5.41, 5.74) is 1.64. The summed E-state index contributed by atoms with van der Waals surface area (Å²) in [6.07, 6.45) is 0.219. The van der Waals surface area contributed by atoms with Crippen LogP contribution in [0.4, 0.5) is 8.78 Å². The Hall–Kier alpha value is -1.29. The third-order valence-corrected chi connectivity index (χ3v) is 7.12. The topological polar surface area (TPSA) is 54.9 Å². The number of rotatable bonds is 5. The van der Waals surface area contributed by atoms with Gasteiger partial charge in [-0.2, -0.15) is 0 Å². The number of halogens is 3. The van der Waals surface area contributed by atoms with Crippen molar-refractivity contribution < 1.29 is 13.0 Å². The van der Waals surface area contributed by atoms with Gasteiger partial charge in [0.1, 0.15) is 11.6 Å². The van der Waals surface area contributed by atoms with Crippen molar-refractivity contribution in [2.75, 3.05) is 0 Å². The van der Waals surface area contributed by atoms with Crippen molar-refractivity contribution in [2.24, 2.45) is 0 Å². The monoisotopic (exact) mass is 487 g/mol. The van der Waals surface area contributed by atoms with Crippen LogP contribution in [0.5, 0.6) is 0 Å². The van der Waals surface area contributed by atoms with Gasteiger partial charge in [0.05, 0.1) is 37.2 Å². The van der Waals surface area contributed by atoms with Gasteiger partial charge in [0.25, 0.3) is 0 Å². The van der Waals surface area contributed by atoms with Crippen LogP contribution in [0.25, 0.3) is 10.3 Å². The maximum atomic E-state index is 13.7. The van der Waals surface area contributed by atoms with Gasteiger partial charge in [-0.05, 0) is 73.8 Å². The molecule has 28 heavy (non-hydrogen) atoms. The van der Waals surface area contributed by atoms with Crippen molar-refractivity contribution in [2.45, 2.75) is 44.9 Å². The summed E-state index contributed by atoms with van der Waals surface area (Å²) in [5.74, 6) is -1.30. The highest BCUT2D eigenvalue weighted by Crippen LogP contribution is 2.31. The Labute approximate surface area is 177 Å². The third kappa shape index (κ3) is 5.00. The van der Waals surface area contributed by atoms with E-state index in [-0.39, 0.29) is 6.42 Å². The standard InChI is InChI=1S/C19H20BrF2N3OS2/c1-10-23-18-16(27-10)9-14(20)17(24-18)15(25-28(26)19(2,3)4)7-11-5-12(21)8-13(22)6-11/h5-6,8-9,15,25H,7H2,1-4H3. The first-order chi connectivity index (χ1) is 13.0. The van der Waals surface area contributed by atoms with Crippen LogP contribution in [0, 0.1) is 18.6 Å². The van der Waals surface area contributed by atoms with Crippen molar-refractivity contribution in [1.82, 2.24) is 14.7 Å². The van der Waals surface area contributed by atoms with E-state index in [4.69, 9.17) is 0 Å². The summed E-state index contributed by atoms with van der Waals surface area (Å²) in [6, 6.07) is 4.77. The van der Waals surface area contributed by atoms with E-state index < -0.39 is 33.4 Å². The molecule has 0 aliphatic carbocycles. The number of benzene rings is 1. The van der Waals surface area contributed by atoms with Crippen LogP contribution in [0.2, 0.25) is 0 Å². The molecule has 2 atom stereocenters. The van der Waals surface area contributed by atoms with Crippen molar-refractivity contribution >= 4 is 48.6 Å². The number of nitrogens with one attached hydrogen (secondary N) is 1. The number of pyridine rings is 1. The fraction of sp³-hybridized carbons (Fsp3) is 0.368. The molecule has 150 valence electrons. The Bertz CT molecular complexity index is 1030. The van der Waals surface area contributed by atoms with Crippen LogP contribution in [0.3, 0.4) is 0 Å². The van der Waals surface area contributed by atoms with Crippen LogP contribution in [0.1, 0.15) is 43.1 Å². The second-order valence-corrected chi connectivity index (χ2v) is 11.5. The van der Waals surface area contributed by atoms with Crippen molar-refractivity contribution in [3.05, 3.63) is 56.6 Å². The Morgan fingerprint density at radius 2 is 1.82 bits per heavy atom. The molecule has 2 aromatic heterocycles. The minimum atomic E-state index is -1.41. The zero-order chi connectivity index (χ0) is 20.6. The maximum Gasteiger partial charge on any atom is 0.170 e. The minimum Gasteiger partial charge on any atom is -0.242 e. The Kier molecular flexibility index (Phi) is 6.29. The molecule has 0 radical (unpaired) electrons. The zero-order valence-corrected chi connectivity index (χ0v) is 19.1. The zero-order valence-electron chi connectivity index (χ0n) is 15.8. The van der Waals surface area contributed by atoms with E-state index in [0.29, 0.717) is 16.9 Å². The summed E-state index contributed by atoms with van der Waals surface area (Å²) >= 11 is 5.07. The molecule has 1 N–H and O–H groups in total. The molecule has 0 saturated heterocycles. The molecule has 3 aromatic rings. The number of aromatic nitrogens is 2. The summed E-state index contributed by atoms with van der Waals surface area (Å²) in [6.45, 7) is 7.46. The Balaban J connectivity index is 2.04. The van der Waals surface area contributed by atoms with Crippen LogP contribution in [0.15, 0.2) is 28.7 Å². The second kappa shape index (κ2) is 8.22. The lowest BCUT2D eigenvalue weighted by atomic mass is 10.0. The van der Waals surface area contributed by atoms with E-state index >= 15 is 0 Å². The molecule has 3 rings (SSSR count). The van der Waals surface area contributed by atoms with E-state index in [9.17, 15) is 13.0 Å². The average molecular weight is 488 g/mol. The molecular formula is C19H20BrF2N3OS2. The van der Waals surface area contributed by atoms with Gasteiger partial charge < -0.3 is 0 Å². The van der Waals surface area contributed by atoms with Crippen molar-refractivity contribution in [3.8, 4) is 0 Å². The molecule has 2 unspecified atom stereocenters. The van der Waals surface area contributed by atoms with E-state index in [0.717, 1.165) is 20.2 Å². The molecule has 1 aromatic carbocycles. The quantitative estimate of drug-likeness (QED) is 0.525. The van der Waals surface area contributed by atoms with Crippen molar-refractivity contribution in [3.63, 3.8) is 0 Å². The first-order valence-corrected chi connectivity index (χ1v) is 11.4. The largest absolute Gasteiger partial charge is 0.242 e. The third-order valence-electron chi connectivity index (χ3n) is 3.97. The van der Waals surface area contributed by atoms with E-state index in [1.807, 2.05) is 33.8 Å². The number of thiazole rings is 1. The number of hydrogen-bond donors (Lipinski definition) is 1. The second-order valence-electron chi connectivity index (χ2n) is 7.44. The first-order valence-electron chi connectivity index (χ1n) is 8.59. The lowest BCUT2D eigenvalue weighted by Crippen LogP contribution is -2.37. The van der Waals surface area contributed by atoms with Crippen LogP contribution < -0.4 is 4.72 Å². The van der Waals surface area contributed by atoms with Gasteiger partial charge in [-0.1, -0.05) is 0 Å². The molecule has 0 amide bonds. The number of fused-ring (bicyclic) bond motifs is 1. The van der Waals surface area contributed by atoms with Gasteiger partial charge >= 0.3 is 0 Å². The highest BCUT2D eigenvalue weighted by molar-refractivity contribution is 9.10. The molecule has 0 fully saturated rings. The number of hydrogen-bond acceptors (Lipinski definition) is 4. The lowest BCUT2D eigenvalue weighted by molar-refractivity contribution is 0.565. The van der Waals surface area contributed by atoms with Crippen LogP contribution in [-0.2, 0) is 17.4 Å². The van der Waals surface area contributed by atoms with Gasteiger partial charge in [-0.3, -0.25) is 0 Å². The average Bonchev–Trinajstić information content (AvgIpc) is 2.90. The van der Waals surface area contributed by atoms with E-state index in [1.165, 1.54) is 23.5 Å². The first kappa shape index (κ1) is 21.4. The molecule has 4 nitrogen and oxygen atoms in total. The summed E-state index contributed by atoms with van der Waals surface area (Å²) in [4.78, 5) is 9.06. The molecule has 0 aliphatic rings. The number of aryl methyl sites for hydroxylation is 1. The van der Waals surface area contributed by atoms with Crippen LogP contribution in [-0.4, -0.2) is 18.9 Å². The smallest absolute Gasteiger partial charge is 0.170 e. The molecular weight excluding hydrogens is 468 g/mol. The summed E-state index contributed by atoms with van der Waals surface area (Å²) < 4.78 is 44.3. The summed E-state index contributed by atoms with van der Waals surface area (Å²) in [7, 11) is -1.41. The molecule has 2 heterocycles. The predicted molar refractivity (Wildman–Crippen MR) is 114 cm³/mol. The molecule has 0 spiro atoms. The van der Waals surface area contributed by atoms with Crippen molar-refractivity contribution in [1.29, 1.82) is 0 Å². The molecule has 9 heteroatoms. The fourth-order valence-corrected chi connectivity index (χ4v) is 5.03. The lowest BCUT2D eigenvalue weighted by Gasteiger charge is -2.25. The van der Waals surface area contributed by atoms with Crippen LogP contribution >= 0.6 is 27.3 Å². The SMILES string of the molecule is Cc1nc2nc(C(Cc3cc(F)cc(F)c3)NS(=O)C(C)(C)C)c(Br)cc2s1. The van der Waals surface area contributed by atoms with Gasteiger partial charge in [-0.15, -0.1) is 11.3 Å². The van der Waals surface area contributed by atoms with Gasteiger partial charge in [0, 0.05) is 10.5 Å². The normalized spacial score (nSPS) is 14.4. The van der Waals surface area contributed by atoms with E-state index in [2.05, 4.69) is 30.6 Å². The highest BCUT2D eigenvalue weighted by Gasteiger charge is 2.26. The molecule has 0 aliphatic heterocycles. The highest BCUT2D eigenvalue weighted by atomic mass is 79.9. The summed E-state index contributed by atoms with van der Waals surface area (Å²) in [5, 5.41) is 0.890. The molecule has 0 saturated carbocycles.